The monoisotopic (exact) mass is 216 g/mol. The molecule has 0 spiro atoms. The van der Waals surface area contributed by atoms with Crippen LogP contribution in [0.4, 0.5) is 0 Å². The number of rotatable bonds is 2. The molecule has 0 aromatic rings. The summed E-state index contributed by atoms with van der Waals surface area (Å²) in [4.78, 5) is 23.7. The van der Waals surface area contributed by atoms with Crippen LogP contribution in [-0.4, -0.2) is 35.8 Å². The predicted molar refractivity (Wildman–Crippen MR) is 53.8 cm³/mol. The molecule has 1 fully saturated rings. The molecule has 1 unspecified atom stereocenters. The van der Waals surface area contributed by atoms with Crippen molar-refractivity contribution >= 4 is 23.4 Å². The van der Waals surface area contributed by atoms with Crippen LogP contribution in [0.15, 0.2) is 11.6 Å². The molecule has 1 atom stereocenters. The Hall–Kier alpha value is -1.03. The molecule has 0 aliphatic carbocycles. The van der Waals surface area contributed by atoms with Crippen molar-refractivity contribution in [2.45, 2.75) is 19.4 Å². The second kappa shape index (κ2) is 4.46. The number of halogens is 1. The summed E-state index contributed by atoms with van der Waals surface area (Å²) in [5.74, 6) is -0.325. The number of carbonyl (C=O) groups is 2. The molecule has 0 aromatic carbocycles. The molecule has 1 heterocycles. The number of hydrogen-bond donors (Lipinski definition) is 1. The third-order valence-electron chi connectivity index (χ3n) is 2.11. The fraction of sp³-hybridized carbons (Fsp3) is 0.556. The van der Waals surface area contributed by atoms with Crippen LogP contribution in [0.2, 0.25) is 0 Å². The van der Waals surface area contributed by atoms with E-state index in [1.807, 2.05) is 0 Å². The second-order valence-electron chi connectivity index (χ2n) is 3.34. The Balaban J connectivity index is 2.45. The smallest absolute Gasteiger partial charge is 0.264 e. The molecular formula is C9H13ClN2O2. The molecule has 1 aliphatic rings. The Labute approximate surface area is 87.9 Å². The highest BCUT2D eigenvalue weighted by Crippen LogP contribution is 2.13. The molecule has 78 valence electrons. The van der Waals surface area contributed by atoms with Gasteiger partial charge in [0, 0.05) is 26.1 Å². The minimum absolute atomic E-state index is 0.0217. The number of nitrogens with zero attached hydrogens (tertiary/aromatic N) is 1. The van der Waals surface area contributed by atoms with Crippen molar-refractivity contribution in [2.75, 3.05) is 13.1 Å². The first-order valence-electron chi connectivity index (χ1n) is 4.41. The van der Waals surface area contributed by atoms with Crippen LogP contribution in [0, 0.1) is 0 Å². The summed E-state index contributed by atoms with van der Waals surface area (Å²) in [6, 6.07) is 0.0486. The minimum atomic E-state index is -0.250. The fourth-order valence-electron chi connectivity index (χ4n) is 1.52. The average Bonchev–Trinajstić information content (AvgIpc) is 2.50. The maximum absolute atomic E-state index is 11.4. The van der Waals surface area contributed by atoms with E-state index in [1.54, 1.807) is 4.90 Å². The van der Waals surface area contributed by atoms with E-state index in [1.165, 1.54) is 6.92 Å². The van der Waals surface area contributed by atoms with Gasteiger partial charge in [-0.2, -0.15) is 0 Å². The van der Waals surface area contributed by atoms with E-state index in [4.69, 9.17) is 11.6 Å². The fourth-order valence-corrected chi connectivity index (χ4v) is 1.64. The summed E-state index contributed by atoms with van der Waals surface area (Å²) in [5, 5.41) is 2.78. The Morgan fingerprint density at radius 1 is 1.57 bits per heavy atom. The van der Waals surface area contributed by atoms with Crippen LogP contribution in [-0.2, 0) is 9.59 Å². The van der Waals surface area contributed by atoms with E-state index < -0.39 is 0 Å². The summed E-state index contributed by atoms with van der Waals surface area (Å²) in [6.45, 7) is 5.97. The SMILES string of the molecule is C=C(Cl)C(=O)N1CCC(NC(C)=O)C1. The quantitative estimate of drug-likeness (QED) is 0.683. The van der Waals surface area contributed by atoms with Crippen molar-refractivity contribution in [2.24, 2.45) is 0 Å². The van der Waals surface area contributed by atoms with Crippen LogP contribution in [0.3, 0.4) is 0 Å². The number of nitrogens with one attached hydrogen (secondary N) is 1. The molecule has 2 amide bonds. The maximum atomic E-state index is 11.4. The molecule has 14 heavy (non-hydrogen) atoms. The van der Waals surface area contributed by atoms with Gasteiger partial charge in [0.2, 0.25) is 5.91 Å². The molecule has 0 radical (unpaired) electrons. The molecule has 5 heteroatoms. The first-order valence-corrected chi connectivity index (χ1v) is 4.79. The molecule has 4 nitrogen and oxygen atoms in total. The molecule has 1 N–H and O–H groups in total. The van der Waals surface area contributed by atoms with Gasteiger partial charge in [-0.25, -0.2) is 0 Å². The van der Waals surface area contributed by atoms with Gasteiger partial charge in [0.1, 0.15) is 0 Å². The molecular weight excluding hydrogens is 204 g/mol. The Morgan fingerprint density at radius 2 is 2.21 bits per heavy atom. The highest BCUT2D eigenvalue weighted by molar-refractivity contribution is 6.41. The van der Waals surface area contributed by atoms with Gasteiger partial charge < -0.3 is 10.2 Å². The normalized spacial score (nSPS) is 20.7. The number of carbonyl (C=O) groups excluding carboxylic acids is 2. The lowest BCUT2D eigenvalue weighted by atomic mass is 10.3. The Kier molecular flexibility index (Phi) is 3.52. The van der Waals surface area contributed by atoms with E-state index >= 15 is 0 Å². The Morgan fingerprint density at radius 3 is 2.71 bits per heavy atom. The van der Waals surface area contributed by atoms with Gasteiger partial charge >= 0.3 is 0 Å². The molecule has 1 saturated heterocycles. The van der Waals surface area contributed by atoms with Crippen molar-refractivity contribution in [3.63, 3.8) is 0 Å². The summed E-state index contributed by atoms with van der Waals surface area (Å²) in [5.41, 5.74) is 0. The molecule has 0 aromatic heterocycles. The van der Waals surface area contributed by atoms with Crippen LogP contribution in [0.5, 0.6) is 0 Å². The van der Waals surface area contributed by atoms with Gasteiger partial charge in [0.25, 0.3) is 5.91 Å². The number of amides is 2. The van der Waals surface area contributed by atoms with Crippen molar-refractivity contribution in [3.05, 3.63) is 11.6 Å². The van der Waals surface area contributed by atoms with Gasteiger partial charge in [0.15, 0.2) is 0 Å². The summed E-state index contributed by atoms with van der Waals surface area (Å²) in [7, 11) is 0. The highest BCUT2D eigenvalue weighted by atomic mass is 35.5. The third kappa shape index (κ3) is 2.73. The van der Waals surface area contributed by atoms with E-state index in [-0.39, 0.29) is 22.9 Å². The lowest BCUT2D eigenvalue weighted by Gasteiger charge is -2.15. The number of hydrogen-bond acceptors (Lipinski definition) is 2. The molecule has 0 saturated carbocycles. The van der Waals surface area contributed by atoms with Crippen LogP contribution >= 0.6 is 11.6 Å². The molecule has 1 rings (SSSR count). The van der Waals surface area contributed by atoms with Crippen LogP contribution in [0.25, 0.3) is 0 Å². The van der Waals surface area contributed by atoms with Crippen molar-refractivity contribution in [3.8, 4) is 0 Å². The van der Waals surface area contributed by atoms with Crippen LogP contribution in [0.1, 0.15) is 13.3 Å². The van der Waals surface area contributed by atoms with E-state index in [9.17, 15) is 9.59 Å². The first kappa shape index (κ1) is 11.0. The third-order valence-corrected chi connectivity index (χ3v) is 2.28. The summed E-state index contributed by atoms with van der Waals surface area (Å²) < 4.78 is 0. The lowest BCUT2D eigenvalue weighted by Crippen LogP contribution is -2.37. The van der Waals surface area contributed by atoms with Gasteiger partial charge in [-0.05, 0) is 6.42 Å². The lowest BCUT2D eigenvalue weighted by molar-refractivity contribution is -0.126. The predicted octanol–water partition coefficient (Wildman–Crippen LogP) is 0.476. The standard InChI is InChI=1S/C9H13ClN2O2/c1-6(10)9(14)12-4-3-8(5-12)11-7(2)13/h8H,1,3-5H2,2H3,(H,11,13). The van der Waals surface area contributed by atoms with E-state index in [2.05, 4.69) is 11.9 Å². The Bertz CT molecular complexity index is 278. The minimum Gasteiger partial charge on any atom is -0.352 e. The van der Waals surface area contributed by atoms with Crippen molar-refractivity contribution in [1.82, 2.24) is 10.2 Å². The van der Waals surface area contributed by atoms with Gasteiger partial charge in [-0.3, -0.25) is 9.59 Å². The largest absolute Gasteiger partial charge is 0.352 e. The summed E-state index contributed by atoms with van der Waals surface area (Å²) >= 11 is 5.49. The van der Waals surface area contributed by atoms with Crippen molar-refractivity contribution < 1.29 is 9.59 Å². The zero-order valence-corrected chi connectivity index (χ0v) is 8.80. The maximum Gasteiger partial charge on any atom is 0.264 e. The highest BCUT2D eigenvalue weighted by Gasteiger charge is 2.27. The molecule has 1 aliphatic heterocycles. The van der Waals surface area contributed by atoms with E-state index in [0.29, 0.717) is 13.1 Å². The van der Waals surface area contributed by atoms with Crippen molar-refractivity contribution in [1.29, 1.82) is 0 Å². The van der Waals surface area contributed by atoms with Gasteiger partial charge in [-0.1, -0.05) is 18.2 Å². The zero-order valence-electron chi connectivity index (χ0n) is 8.05. The topological polar surface area (TPSA) is 49.4 Å². The van der Waals surface area contributed by atoms with Gasteiger partial charge in [0.05, 0.1) is 5.03 Å². The van der Waals surface area contributed by atoms with Gasteiger partial charge in [-0.15, -0.1) is 0 Å². The van der Waals surface area contributed by atoms with Crippen LogP contribution < -0.4 is 5.32 Å². The van der Waals surface area contributed by atoms with E-state index in [0.717, 1.165) is 6.42 Å². The molecule has 0 bridgehead atoms. The first-order chi connectivity index (χ1) is 6.50. The summed E-state index contributed by atoms with van der Waals surface area (Å²) in [6.07, 6.45) is 0.773. The second-order valence-corrected chi connectivity index (χ2v) is 3.80. The number of likely N-dealkylation sites (tertiary alicyclic amines) is 1. The zero-order chi connectivity index (χ0) is 10.7. The average molecular weight is 217 g/mol.